The van der Waals surface area contributed by atoms with E-state index >= 15 is 0 Å². The molecule has 0 aliphatic rings. The minimum atomic E-state index is 0. The Balaban J connectivity index is 0.000000640. The molecule has 0 nitrogen and oxygen atoms in total. The van der Waals surface area contributed by atoms with Gasteiger partial charge in [0.05, 0.1) is 0 Å². The first-order valence-electron chi connectivity index (χ1n) is 3.14. The van der Waals surface area contributed by atoms with Crippen molar-refractivity contribution in [2.45, 2.75) is 19.8 Å². The van der Waals surface area contributed by atoms with Crippen molar-refractivity contribution >= 4 is 0 Å². The summed E-state index contributed by atoms with van der Waals surface area (Å²) in [5, 5.41) is 0. The standard InChI is InChI=1S/C8H11.Ti/c1-2-5-8-6-3-4-7-8;/h3-4,6-7H,2,5H2,1H3;/q-1;. The quantitative estimate of drug-likeness (QED) is 0.454. The fourth-order valence-corrected chi connectivity index (χ4v) is 0.869. The van der Waals surface area contributed by atoms with E-state index in [0.717, 1.165) is 0 Å². The van der Waals surface area contributed by atoms with Gasteiger partial charge in [-0.2, -0.15) is 17.7 Å². The van der Waals surface area contributed by atoms with Crippen molar-refractivity contribution in [2.24, 2.45) is 0 Å². The fourth-order valence-electron chi connectivity index (χ4n) is 0.869. The van der Waals surface area contributed by atoms with Crippen LogP contribution in [0.5, 0.6) is 0 Å². The van der Waals surface area contributed by atoms with Crippen LogP contribution in [0.1, 0.15) is 18.9 Å². The second-order valence-corrected chi connectivity index (χ2v) is 2.04. The summed E-state index contributed by atoms with van der Waals surface area (Å²) in [4.78, 5) is 0. The van der Waals surface area contributed by atoms with Crippen LogP contribution in [0.3, 0.4) is 0 Å². The molecule has 1 aromatic carbocycles. The van der Waals surface area contributed by atoms with Crippen molar-refractivity contribution < 1.29 is 21.7 Å². The van der Waals surface area contributed by atoms with Crippen LogP contribution in [0.25, 0.3) is 0 Å². The molecule has 0 aromatic heterocycles. The first kappa shape index (κ1) is 9.06. The summed E-state index contributed by atoms with van der Waals surface area (Å²) in [6.07, 6.45) is 2.48. The topological polar surface area (TPSA) is 0 Å². The van der Waals surface area contributed by atoms with Gasteiger partial charge in [-0.25, -0.2) is 12.1 Å². The Morgan fingerprint density at radius 3 is 2.22 bits per heavy atom. The van der Waals surface area contributed by atoms with Crippen LogP contribution in [0.4, 0.5) is 0 Å². The van der Waals surface area contributed by atoms with E-state index in [1.165, 1.54) is 18.4 Å². The molecule has 0 fully saturated rings. The molecule has 0 saturated carbocycles. The Bertz CT molecular complexity index is 130. The zero-order valence-corrected chi connectivity index (χ0v) is 7.29. The molecule has 0 aliphatic heterocycles. The number of rotatable bonds is 2. The Hall–Kier alpha value is 0.0643. The van der Waals surface area contributed by atoms with Crippen LogP contribution < -0.4 is 0 Å². The van der Waals surface area contributed by atoms with E-state index in [1.54, 1.807) is 0 Å². The summed E-state index contributed by atoms with van der Waals surface area (Å²) < 4.78 is 0. The minimum absolute atomic E-state index is 0. The molecule has 0 saturated heterocycles. The molecule has 1 aromatic rings. The third kappa shape index (κ3) is 2.93. The van der Waals surface area contributed by atoms with Crippen molar-refractivity contribution in [2.75, 3.05) is 0 Å². The van der Waals surface area contributed by atoms with Gasteiger partial charge < -0.3 is 0 Å². The van der Waals surface area contributed by atoms with Gasteiger partial charge in [-0.15, -0.1) is 0 Å². The summed E-state index contributed by atoms with van der Waals surface area (Å²) in [7, 11) is 0. The van der Waals surface area contributed by atoms with Gasteiger partial charge in [-0.1, -0.05) is 19.8 Å². The van der Waals surface area contributed by atoms with E-state index < -0.39 is 0 Å². The molecular formula is C8H11Ti-. The maximum Gasteiger partial charge on any atom is 0 e. The van der Waals surface area contributed by atoms with Gasteiger partial charge in [0.2, 0.25) is 0 Å². The van der Waals surface area contributed by atoms with E-state index in [0.29, 0.717) is 0 Å². The van der Waals surface area contributed by atoms with Gasteiger partial charge in [0, 0.05) is 21.7 Å². The maximum atomic E-state index is 2.20. The Labute approximate surface area is 71.5 Å². The molecule has 0 radical (unpaired) electrons. The second-order valence-electron chi connectivity index (χ2n) is 2.04. The molecule has 0 bridgehead atoms. The monoisotopic (exact) mass is 155 g/mol. The van der Waals surface area contributed by atoms with Gasteiger partial charge >= 0.3 is 0 Å². The predicted octanol–water partition coefficient (Wildman–Crippen LogP) is 2.36. The maximum absolute atomic E-state index is 2.20. The molecule has 1 rings (SSSR count). The van der Waals surface area contributed by atoms with Crippen molar-refractivity contribution in [1.82, 2.24) is 0 Å². The molecular weight excluding hydrogens is 144 g/mol. The van der Waals surface area contributed by atoms with E-state index in [2.05, 4.69) is 31.2 Å². The molecule has 0 aliphatic carbocycles. The number of hydrogen-bond donors (Lipinski definition) is 0. The zero-order chi connectivity index (χ0) is 5.82. The second kappa shape index (κ2) is 4.90. The van der Waals surface area contributed by atoms with Crippen LogP contribution in [-0.4, -0.2) is 0 Å². The van der Waals surface area contributed by atoms with Gasteiger partial charge in [0.15, 0.2) is 0 Å². The van der Waals surface area contributed by atoms with Crippen molar-refractivity contribution in [3.63, 3.8) is 0 Å². The van der Waals surface area contributed by atoms with Gasteiger partial charge in [-0.05, 0) is 0 Å². The molecule has 0 unspecified atom stereocenters. The zero-order valence-electron chi connectivity index (χ0n) is 5.72. The van der Waals surface area contributed by atoms with Crippen LogP contribution in [-0.2, 0) is 28.1 Å². The normalized spacial score (nSPS) is 8.56. The Morgan fingerprint density at radius 2 is 1.78 bits per heavy atom. The van der Waals surface area contributed by atoms with E-state index in [9.17, 15) is 0 Å². The molecule has 1 heteroatoms. The molecule has 0 N–H and O–H groups in total. The molecule has 0 atom stereocenters. The van der Waals surface area contributed by atoms with E-state index in [4.69, 9.17) is 0 Å². The summed E-state index contributed by atoms with van der Waals surface area (Å²) in [5.74, 6) is 0. The molecule has 0 amide bonds. The van der Waals surface area contributed by atoms with Crippen molar-refractivity contribution in [3.8, 4) is 0 Å². The fraction of sp³-hybridized carbons (Fsp3) is 0.375. The van der Waals surface area contributed by atoms with Gasteiger partial charge in [0.25, 0.3) is 0 Å². The number of hydrogen-bond acceptors (Lipinski definition) is 0. The SMILES string of the molecule is CCC[c-]1cccc1.[Ti]. The first-order chi connectivity index (χ1) is 3.93. The first-order valence-corrected chi connectivity index (χ1v) is 3.14. The van der Waals surface area contributed by atoms with Crippen LogP contribution in [0.2, 0.25) is 0 Å². The van der Waals surface area contributed by atoms with Crippen LogP contribution >= 0.6 is 0 Å². The Kier molecular flexibility index (Phi) is 4.93. The third-order valence-corrected chi connectivity index (χ3v) is 1.27. The van der Waals surface area contributed by atoms with Gasteiger partial charge in [-0.3, -0.25) is 0 Å². The average molecular weight is 155 g/mol. The average Bonchev–Trinajstić information content (AvgIpc) is 2.19. The smallest absolute Gasteiger partial charge is 0 e. The molecule has 48 valence electrons. The molecule has 9 heavy (non-hydrogen) atoms. The summed E-state index contributed by atoms with van der Waals surface area (Å²) in [6, 6.07) is 8.52. The molecule has 0 heterocycles. The van der Waals surface area contributed by atoms with Crippen LogP contribution in [0.15, 0.2) is 24.3 Å². The van der Waals surface area contributed by atoms with Gasteiger partial charge in [0.1, 0.15) is 0 Å². The van der Waals surface area contributed by atoms with E-state index in [-0.39, 0.29) is 21.7 Å². The van der Waals surface area contributed by atoms with E-state index in [1.807, 2.05) is 0 Å². The Morgan fingerprint density at radius 1 is 1.22 bits per heavy atom. The van der Waals surface area contributed by atoms with Crippen molar-refractivity contribution in [3.05, 3.63) is 29.8 Å². The predicted molar refractivity (Wildman–Crippen MR) is 36.0 cm³/mol. The summed E-state index contributed by atoms with van der Waals surface area (Å²) in [5.41, 5.74) is 1.47. The molecule has 0 spiro atoms. The van der Waals surface area contributed by atoms with Crippen molar-refractivity contribution in [1.29, 1.82) is 0 Å². The minimum Gasteiger partial charge on any atom is -0.213 e. The summed E-state index contributed by atoms with van der Waals surface area (Å²) in [6.45, 7) is 2.20. The summed E-state index contributed by atoms with van der Waals surface area (Å²) >= 11 is 0. The number of aryl methyl sites for hydroxylation is 1. The largest absolute Gasteiger partial charge is 0.213 e. The van der Waals surface area contributed by atoms with Crippen LogP contribution in [0, 0.1) is 0 Å². The third-order valence-electron chi connectivity index (χ3n) is 1.27.